The highest BCUT2D eigenvalue weighted by Crippen LogP contribution is 2.19. The molecule has 0 aliphatic heterocycles. The Balaban J connectivity index is 5.13. The molecule has 0 bridgehead atoms. The van der Waals surface area contributed by atoms with Crippen LogP contribution in [0.4, 0.5) is 0 Å². The summed E-state index contributed by atoms with van der Waals surface area (Å²) in [5.41, 5.74) is -0.341. The van der Waals surface area contributed by atoms with Gasteiger partial charge in [-0.05, 0) is 33.1 Å². The largest absolute Gasteiger partial charge is 0.459 e. The molecule has 0 saturated carbocycles. The number of carbonyl (C=O) groups is 2. The lowest BCUT2D eigenvalue weighted by Gasteiger charge is -2.17. The molecule has 0 aromatic rings. The molecule has 104 valence electrons. The molecule has 0 aliphatic carbocycles. The lowest BCUT2D eigenvalue weighted by Crippen LogP contribution is -2.24. The molecule has 0 spiro atoms. The van der Waals surface area contributed by atoms with Crippen LogP contribution in [0.2, 0.25) is 0 Å². The number of allylic oxidation sites excluding steroid dienone is 1. The van der Waals surface area contributed by atoms with E-state index in [9.17, 15) is 9.59 Å². The van der Waals surface area contributed by atoms with E-state index < -0.39 is 11.9 Å². The molecule has 0 heterocycles. The van der Waals surface area contributed by atoms with E-state index in [-0.39, 0.29) is 23.2 Å². The Hall–Kier alpha value is -1.32. The molecular weight excluding hydrogens is 232 g/mol. The number of carbonyl (C=O) groups excluding carboxylic acids is 2. The minimum absolute atomic E-state index is 0.0371. The fourth-order valence-electron chi connectivity index (χ4n) is 1.19. The second-order valence-electron chi connectivity index (χ2n) is 5.83. The third kappa shape index (κ3) is 7.09. The summed E-state index contributed by atoms with van der Waals surface area (Å²) in [6.07, 6.45) is 1.04. The average molecular weight is 256 g/mol. The Kier molecular flexibility index (Phi) is 6.09. The second-order valence-corrected chi connectivity index (χ2v) is 5.83. The Labute approximate surface area is 109 Å². The average Bonchev–Trinajstić information content (AvgIpc) is 2.09. The van der Waals surface area contributed by atoms with Gasteiger partial charge in [-0.15, -0.1) is 0 Å². The normalized spacial score (nSPS) is 11.4. The van der Waals surface area contributed by atoms with Gasteiger partial charge in [-0.2, -0.15) is 0 Å². The molecule has 0 saturated heterocycles. The van der Waals surface area contributed by atoms with Gasteiger partial charge in [-0.25, -0.2) is 9.59 Å². The fraction of sp³-hybridized carbons (Fsp3) is 0.714. The van der Waals surface area contributed by atoms with Crippen molar-refractivity contribution >= 4 is 11.9 Å². The van der Waals surface area contributed by atoms with Crippen LogP contribution in [0.25, 0.3) is 0 Å². The van der Waals surface area contributed by atoms with Crippen LogP contribution < -0.4 is 0 Å². The Bertz CT molecular complexity index is 308. The van der Waals surface area contributed by atoms with Gasteiger partial charge in [0.25, 0.3) is 0 Å². The monoisotopic (exact) mass is 256 g/mol. The van der Waals surface area contributed by atoms with Crippen molar-refractivity contribution in [2.75, 3.05) is 0 Å². The SMILES string of the molecule is CC(C)OC(=O)C(=CC(C)(C)C)C(=O)OC(C)C. The van der Waals surface area contributed by atoms with E-state index in [0.29, 0.717) is 0 Å². The zero-order valence-corrected chi connectivity index (χ0v) is 12.4. The standard InChI is InChI=1S/C14H24O4/c1-9(2)17-12(15)11(8-14(5,6)7)13(16)18-10(3)4/h8-10H,1-7H3. The highest BCUT2D eigenvalue weighted by Gasteiger charge is 2.25. The third-order valence-electron chi connectivity index (χ3n) is 1.70. The number of hydrogen-bond acceptors (Lipinski definition) is 4. The molecule has 0 atom stereocenters. The van der Waals surface area contributed by atoms with Gasteiger partial charge in [-0.1, -0.05) is 26.8 Å². The van der Waals surface area contributed by atoms with E-state index in [4.69, 9.17) is 9.47 Å². The topological polar surface area (TPSA) is 52.6 Å². The van der Waals surface area contributed by atoms with Gasteiger partial charge in [0.2, 0.25) is 0 Å². The van der Waals surface area contributed by atoms with Crippen LogP contribution in [0.5, 0.6) is 0 Å². The predicted molar refractivity (Wildman–Crippen MR) is 70.0 cm³/mol. The van der Waals surface area contributed by atoms with Crippen molar-refractivity contribution in [3.63, 3.8) is 0 Å². The molecule has 0 rings (SSSR count). The van der Waals surface area contributed by atoms with Crippen LogP contribution in [0.1, 0.15) is 48.5 Å². The van der Waals surface area contributed by atoms with Crippen molar-refractivity contribution in [3.8, 4) is 0 Å². The van der Waals surface area contributed by atoms with E-state index in [1.54, 1.807) is 33.8 Å². The summed E-state index contributed by atoms with van der Waals surface area (Å²) in [4.78, 5) is 23.7. The Morgan fingerprint density at radius 3 is 1.44 bits per heavy atom. The van der Waals surface area contributed by atoms with Crippen LogP contribution in [-0.4, -0.2) is 24.1 Å². The molecule has 0 aliphatic rings. The van der Waals surface area contributed by atoms with Crippen molar-refractivity contribution < 1.29 is 19.1 Å². The maximum Gasteiger partial charge on any atom is 0.345 e. The second kappa shape index (κ2) is 6.57. The molecule has 0 amide bonds. The lowest BCUT2D eigenvalue weighted by atomic mass is 9.93. The van der Waals surface area contributed by atoms with Gasteiger partial charge >= 0.3 is 11.9 Å². The van der Waals surface area contributed by atoms with Crippen LogP contribution in [0.15, 0.2) is 11.6 Å². The summed E-state index contributed by atoms with van der Waals surface area (Å²) in [5, 5.41) is 0. The summed E-state index contributed by atoms with van der Waals surface area (Å²) in [6.45, 7) is 12.6. The quantitative estimate of drug-likeness (QED) is 0.336. The molecule has 18 heavy (non-hydrogen) atoms. The first kappa shape index (κ1) is 16.7. The van der Waals surface area contributed by atoms with E-state index >= 15 is 0 Å². The zero-order chi connectivity index (χ0) is 14.5. The van der Waals surface area contributed by atoms with Crippen LogP contribution >= 0.6 is 0 Å². The van der Waals surface area contributed by atoms with Gasteiger partial charge < -0.3 is 9.47 Å². The van der Waals surface area contributed by atoms with Crippen LogP contribution in [-0.2, 0) is 19.1 Å². The van der Waals surface area contributed by atoms with Gasteiger partial charge in [0.15, 0.2) is 0 Å². The first-order valence-corrected chi connectivity index (χ1v) is 6.17. The maximum absolute atomic E-state index is 11.9. The van der Waals surface area contributed by atoms with Gasteiger partial charge in [0.1, 0.15) is 5.57 Å². The Morgan fingerprint density at radius 2 is 1.22 bits per heavy atom. The van der Waals surface area contributed by atoms with Gasteiger partial charge in [0, 0.05) is 0 Å². The molecular formula is C14H24O4. The number of ether oxygens (including phenoxy) is 2. The first-order chi connectivity index (χ1) is 8.03. The minimum Gasteiger partial charge on any atom is -0.459 e. The third-order valence-corrected chi connectivity index (χ3v) is 1.70. The maximum atomic E-state index is 11.9. The molecule has 0 fully saturated rings. The van der Waals surface area contributed by atoms with Crippen molar-refractivity contribution in [2.45, 2.75) is 60.7 Å². The molecule has 0 aromatic heterocycles. The zero-order valence-electron chi connectivity index (χ0n) is 12.4. The van der Waals surface area contributed by atoms with Crippen molar-refractivity contribution in [2.24, 2.45) is 5.41 Å². The number of hydrogen-bond donors (Lipinski definition) is 0. The summed E-state index contributed by atoms with van der Waals surface area (Å²) in [6, 6.07) is 0. The molecule has 0 radical (unpaired) electrons. The molecule has 0 unspecified atom stereocenters. The number of esters is 2. The van der Waals surface area contributed by atoms with Crippen LogP contribution in [0.3, 0.4) is 0 Å². The van der Waals surface area contributed by atoms with E-state index in [1.807, 2.05) is 20.8 Å². The number of rotatable bonds is 4. The summed E-state index contributed by atoms with van der Waals surface area (Å²) in [5.74, 6) is -1.27. The summed E-state index contributed by atoms with van der Waals surface area (Å²) in [7, 11) is 0. The van der Waals surface area contributed by atoms with Crippen molar-refractivity contribution in [3.05, 3.63) is 11.6 Å². The Morgan fingerprint density at radius 1 is 0.889 bits per heavy atom. The first-order valence-electron chi connectivity index (χ1n) is 6.17. The molecule has 0 aromatic carbocycles. The van der Waals surface area contributed by atoms with Gasteiger partial charge in [-0.3, -0.25) is 0 Å². The summed E-state index contributed by atoms with van der Waals surface area (Å²) < 4.78 is 10.1. The van der Waals surface area contributed by atoms with Crippen molar-refractivity contribution in [1.29, 1.82) is 0 Å². The molecule has 0 N–H and O–H groups in total. The fourth-order valence-corrected chi connectivity index (χ4v) is 1.19. The van der Waals surface area contributed by atoms with E-state index in [0.717, 1.165) is 0 Å². The highest BCUT2D eigenvalue weighted by atomic mass is 16.6. The van der Waals surface area contributed by atoms with Crippen molar-refractivity contribution in [1.82, 2.24) is 0 Å². The van der Waals surface area contributed by atoms with Gasteiger partial charge in [0.05, 0.1) is 12.2 Å². The highest BCUT2D eigenvalue weighted by molar-refractivity contribution is 6.14. The molecule has 4 heteroatoms. The van der Waals surface area contributed by atoms with E-state index in [2.05, 4.69) is 0 Å². The lowest BCUT2D eigenvalue weighted by molar-refractivity contribution is -0.151. The predicted octanol–water partition coefficient (Wildman–Crippen LogP) is 2.86. The minimum atomic E-state index is -0.634. The van der Waals surface area contributed by atoms with E-state index in [1.165, 1.54) is 0 Å². The molecule has 4 nitrogen and oxygen atoms in total. The smallest absolute Gasteiger partial charge is 0.345 e. The van der Waals surface area contributed by atoms with Crippen LogP contribution in [0, 0.1) is 5.41 Å². The summed E-state index contributed by atoms with van der Waals surface area (Å²) >= 11 is 0.